The van der Waals surface area contributed by atoms with Gasteiger partial charge in [0.05, 0.1) is 5.92 Å². The number of hydrogen-bond donors (Lipinski definition) is 4. The maximum atomic E-state index is 13.0. The van der Waals surface area contributed by atoms with Gasteiger partial charge in [-0.25, -0.2) is 9.37 Å². The van der Waals surface area contributed by atoms with Crippen LogP contribution in [0.2, 0.25) is 5.02 Å². The summed E-state index contributed by atoms with van der Waals surface area (Å²) in [6, 6.07) is 15.7. The van der Waals surface area contributed by atoms with E-state index in [0.717, 1.165) is 5.56 Å². The Morgan fingerprint density at radius 3 is 2.27 bits per heavy atom. The number of nitrogens with two attached hydrogens (primary N) is 1. The van der Waals surface area contributed by atoms with Crippen LogP contribution < -0.4 is 16.4 Å². The monoisotopic (exact) mass is 470 g/mol. The van der Waals surface area contributed by atoms with Crippen molar-refractivity contribution >= 4 is 29.2 Å². The predicted molar refractivity (Wildman–Crippen MR) is 124 cm³/mol. The lowest BCUT2D eigenvalue weighted by molar-refractivity contribution is -0.129. The Morgan fingerprint density at radius 2 is 1.64 bits per heavy atom. The van der Waals surface area contributed by atoms with Gasteiger partial charge in [0, 0.05) is 30.7 Å². The summed E-state index contributed by atoms with van der Waals surface area (Å²) < 4.78 is 13.0. The molecule has 9 heteroatoms. The molecule has 0 unspecified atom stereocenters. The van der Waals surface area contributed by atoms with Crippen LogP contribution in [-0.2, 0) is 22.6 Å². The number of carbonyl (C=O) groups is 2. The van der Waals surface area contributed by atoms with Gasteiger partial charge in [0.1, 0.15) is 17.7 Å². The zero-order valence-electron chi connectivity index (χ0n) is 17.7. The highest BCUT2D eigenvalue weighted by Crippen LogP contribution is 2.19. The second-order valence-corrected chi connectivity index (χ2v) is 7.94. The molecule has 0 aliphatic rings. The fraction of sp³-hybridized carbons (Fsp3) is 0.208. The van der Waals surface area contributed by atoms with Crippen LogP contribution in [0.25, 0.3) is 0 Å². The zero-order chi connectivity index (χ0) is 23.8. The van der Waals surface area contributed by atoms with E-state index in [1.807, 2.05) is 0 Å². The SMILES string of the molecule is Nc1ccc(CNC(=O)[C@@H](CNC(=O)[C@H](O)Cc2ccc(F)cc2)c2ccc(Cl)cc2)cn1. The molecule has 0 fully saturated rings. The number of pyridine rings is 1. The summed E-state index contributed by atoms with van der Waals surface area (Å²) in [7, 11) is 0. The first-order chi connectivity index (χ1) is 15.8. The molecule has 0 bridgehead atoms. The largest absolute Gasteiger partial charge is 0.384 e. The predicted octanol–water partition coefficient (Wildman–Crippen LogP) is 2.58. The standard InChI is InChI=1S/C24H24ClFN4O3/c25-18-6-4-17(5-7-18)20(23(32)29-13-16-3-10-22(27)28-12-16)14-30-24(33)21(31)11-15-1-8-19(26)9-2-15/h1-10,12,20-21,31H,11,13-14H2,(H2,27,28)(H,29,32)(H,30,33)/t20-,21+/m0/s1. The number of halogens is 2. The summed E-state index contributed by atoms with van der Waals surface area (Å²) in [5, 5.41) is 16.2. The fourth-order valence-electron chi connectivity index (χ4n) is 3.17. The lowest BCUT2D eigenvalue weighted by Gasteiger charge is -2.19. The van der Waals surface area contributed by atoms with E-state index in [4.69, 9.17) is 17.3 Å². The van der Waals surface area contributed by atoms with Gasteiger partial charge < -0.3 is 21.5 Å². The maximum Gasteiger partial charge on any atom is 0.249 e. The van der Waals surface area contributed by atoms with E-state index in [2.05, 4.69) is 15.6 Å². The number of aliphatic hydroxyl groups excluding tert-OH is 1. The Kier molecular flexibility index (Phi) is 8.34. The van der Waals surface area contributed by atoms with Crippen molar-refractivity contribution in [1.29, 1.82) is 0 Å². The average molecular weight is 471 g/mol. The molecule has 0 saturated carbocycles. The van der Waals surface area contributed by atoms with Crippen molar-refractivity contribution in [1.82, 2.24) is 15.6 Å². The van der Waals surface area contributed by atoms with Crippen LogP contribution in [0.5, 0.6) is 0 Å². The number of amides is 2. The molecule has 2 atom stereocenters. The van der Waals surface area contributed by atoms with Crippen LogP contribution in [0.1, 0.15) is 22.6 Å². The summed E-state index contributed by atoms with van der Waals surface area (Å²) in [6.07, 6.45) is 0.249. The second-order valence-electron chi connectivity index (χ2n) is 7.50. The van der Waals surface area contributed by atoms with Gasteiger partial charge in [-0.05, 0) is 47.0 Å². The molecule has 2 amide bonds. The molecule has 0 spiro atoms. The quantitative estimate of drug-likeness (QED) is 0.383. The first kappa shape index (κ1) is 24.2. The number of benzene rings is 2. The molecule has 172 valence electrons. The molecular formula is C24H24ClFN4O3. The van der Waals surface area contributed by atoms with Crippen LogP contribution in [-0.4, -0.2) is 34.6 Å². The minimum Gasteiger partial charge on any atom is -0.384 e. The smallest absolute Gasteiger partial charge is 0.249 e. The summed E-state index contributed by atoms with van der Waals surface area (Å²) in [5.41, 5.74) is 7.62. The van der Waals surface area contributed by atoms with Crippen LogP contribution in [0, 0.1) is 5.82 Å². The highest BCUT2D eigenvalue weighted by molar-refractivity contribution is 6.30. The van der Waals surface area contributed by atoms with E-state index in [-0.39, 0.29) is 25.4 Å². The van der Waals surface area contributed by atoms with E-state index in [1.165, 1.54) is 24.3 Å². The van der Waals surface area contributed by atoms with E-state index in [9.17, 15) is 19.1 Å². The summed E-state index contributed by atoms with van der Waals surface area (Å²) in [4.78, 5) is 29.4. The number of carbonyl (C=O) groups excluding carboxylic acids is 2. The molecule has 1 aromatic heterocycles. The molecule has 0 radical (unpaired) electrons. The van der Waals surface area contributed by atoms with E-state index in [1.54, 1.807) is 42.6 Å². The first-order valence-electron chi connectivity index (χ1n) is 10.3. The minimum atomic E-state index is -1.34. The number of nitrogens with one attached hydrogen (secondary N) is 2. The lowest BCUT2D eigenvalue weighted by atomic mass is 9.97. The molecule has 33 heavy (non-hydrogen) atoms. The van der Waals surface area contributed by atoms with Crippen molar-refractivity contribution in [2.45, 2.75) is 25.0 Å². The number of hydrogen-bond acceptors (Lipinski definition) is 5. The molecule has 0 aliphatic carbocycles. The number of nitrogen functional groups attached to an aromatic ring is 1. The topological polar surface area (TPSA) is 117 Å². The van der Waals surface area contributed by atoms with Crippen molar-refractivity contribution in [2.24, 2.45) is 0 Å². The molecule has 3 rings (SSSR count). The van der Waals surface area contributed by atoms with Gasteiger partial charge in [-0.2, -0.15) is 0 Å². The maximum absolute atomic E-state index is 13.0. The lowest BCUT2D eigenvalue weighted by Crippen LogP contribution is -2.41. The summed E-state index contributed by atoms with van der Waals surface area (Å²) in [6.45, 7) is 0.199. The Bertz CT molecular complexity index is 1080. The van der Waals surface area contributed by atoms with Gasteiger partial charge in [-0.1, -0.05) is 41.9 Å². The Balaban J connectivity index is 1.63. The average Bonchev–Trinajstić information content (AvgIpc) is 2.81. The van der Waals surface area contributed by atoms with E-state index in [0.29, 0.717) is 22.0 Å². The molecule has 3 aromatic rings. The number of aromatic nitrogens is 1. The van der Waals surface area contributed by atoms with Crippen molar-refractivity contribution in [2.75, 3.05) is 12.3 Å². The van der Waals surface area contributed by atoms with Gasteiger partial charge in [0.25, 0.3) is 0 Å². The van der Waals surface area contributed by atoms with Crippen LogP contribution >= 0.6 is 11.6 Å². The highest BCUT2D eigenvalue weighted by atomic mass is 35.5. The summed E-state index contributed by atoms with van der Waals surface area (Å²) in [5.74, 6) is -1.68. The van der Waals surface area contributed by atoms with Crippen molar-refractivity contribution < 1.29 is 19.1 Å². The van der Waals surface area contributed by atoms with Gasteiger partial charge in [0.15, 0.2) is 0 Å². The first-order valence-corrected chi connectivity index (χ1v) is 10.6. The van der Waals surface area contributed by atoms with Crippen molar-refractivity contribution in [3.8, 4) is 0 Å². The highest BCUT2D eigenvalue weighted by Gasteiger charge is 2.23. The number of nitrogens with zero attached hydrogens (tertiary/aromatic N) is 1. The molecule has 7 nitrogen and oxygen atoms in total. The number of rotatable bonds is 9. The molecule has 0 aliphatic heterocycles. The zero-order valence-corrected chi connectivity index (χ0v) is 18.4. The third kappa shape index (κ3) is 7.27. The molecular weight excluding hydrogens is 447 g/mol. The van der Waals surface area contributed by atoms with Gasteiger partial charge >= 0.3 is 0 Å². The van der Waals surface area contributed by atoms with Crippen LogP contribution in [0.15, 0.2) is 66.9 Å². The molecule has 2 aromatic carbocycles. The normalized spacial score (nSPS) is 12.6. The summed E-state index contributed by atoms with van der Waals surface area (Å²) >= 11 is 5.96. The van der Waals surface area contributed by atoms with Crippen molar-refractivity contribution in [3.63, 3.8) is 0 Å². The van der Waals surface area contributed by atoms with Gasteiger partial charge in [-0.3, -0.25) is 9.59 Å². The Hall–Kier alpha value is -3.49. The number of aliphatic hydroxyl groups is 1. The van der Waals surface area contributed by atoms with Crippen LogP contribution in [0.4, 0.5) is 10.2 Å². The molecule has 0 saturated heterocycles. The Labute approximate surface area is 195 Å². The van der Waals surface area contributed by atoms with Crippen molar-refractivity contribution in [3.05, 3.63) is 94.4 Å². The second kappa shape index (κ2) is 11.4. The minimum absolute atomic E-state index is 0.0219. The van der Waals surface area contributed by atoms with E-state index >= 15 is 0 Å². The third-order valence-corrected chi connectivity index (χ3v) is 5.28. The van der Waals surface area contributed by atoms with E-state index < -0.39 is 23.7 Å². The number of anilines is 1. The fourth-order valence-corrected chi connectivity index (χ4v) is 3.29. The molecule has 1 heterocycles. The van der Waals surface area contributed by atoms with Crippen LogP contribution in [0.3, 0.4) is 0 Å². The third-order valence-electron chi connectivity index (χ3n) is 5.03. The van der Waals surface area contributed by atoms with Gasteiger partial charge in [0.2, 0.25) is 11.8 Å². The van der Waals surface area contributed by atoms with Gasteiger partial charge in [-0.15, -0.1) is 0 Å². The Morgan fingerprint density at radius 1 is 0.970 bits per heavy atom. The molecule has 5 N–H and O–H groups in total.